The first kappa shape index (κ1) is 14.3. The van der Waals surface area contributed by atoms with E-state index in [2.05, 4.69) is 15.3 Å². The van der Waals surface area contributed by atoms with Gasteiger partial charge < -0.3 is 15.5 Å². The number of nitrogens with zero attached hydrogens (tertiary/aromatic N) is 2. The predicted octanol–water partition coefficient (Wildman–Crippen LogP) is 3.51. The van der Waals surface area contributed by atoms with Crippen LogP contribution in [0.5, 0.6) is 0 Å². The fraction of sp³-hybridized carbons (Fsp3) is 0.294. The molecule has 6 heteroatoms. The first-order chi connectivity index (χ1) is 11.3. The van der Waals surface area contributed by atoms with E-state index in [0.29, 0.717) is 18.5 Å². The molecule has 0 unspecified atom stereocenters. The molecule has 2 aromatic heterocycles. The average molecular weight is 326 g/mol. The van der Waals surface area contributed by atoms with Crippen molar-refractivity contribution in [3.63, 3.8) is 0 Å². The maximum atomic E-state index is 5.90. The van der Waals surface area contributed by atoms with Crippen molar-refractivity contribution in [1.82, 2.24) is 10.3 Å². The zero-order valence-corrected chi connectivity index (χ0v) is 13.5. The molecule has 1 fully saturated rings. The highest BCUT2D eigenvalue weighted by Crippen LogP contribution is 2.28. The van der Waals surface area contributed by atoms with Crippen LogP contribution >= 0.6 is 11.3 Å². The smallest absolute Gasteiger partial charge is 0.189 e. The van der Waals surface area contributed by atoms with Crippen molar-refractivity contribution in [3.8, 4) is 11.5 Å². The number of aromatic nitrogens is 1. The number of para-hydroxylation sites is 1. The predicted molar refractivity (Wildman–Crippen MR) is 93.4 cm³/mol. The molecule has 0 radical (unpaired) electrons. The van der Waals surface area contributed by atoms with Crippen LogP contribution in [-0.2, 0) is 6.54 Å². The Balaban J connectivity index is 1.46. The van der Waals surface area contributed by atoms with E-state index in [1.54, 1.807) is 11.3 Å². The fourth-order valence-electron chi connectivity index (χ4n) is 2.56. The molecule has 5 nitrogen and oxygen atoms in total. The van der Waals surface area contributed by atoms with Crippen LogP contribution in [0.4, 0.5) is 0 Å². The average Bonchev–Trinajstić information content (AvgIpc) is 3.14. The maximum Gasteiger partial charge on any atom is 0.189 e. The molecule has 0 saturated heterocycles. The molecule has 0 bridgehead atoms. The lowest BCUT2D eigenvalue weighted by molar-refractivity contribution is 0.382. The number of benzene rings is 1. The summed E-state index contributed by atoms with van der Waals surface area (Å²) in [5.41, 5.74) is 7.63. The van der Waals surface area contributed by atoms with E-state index in [4.69, 9.17) is 10.2 Å². The fourth-order valence-corrected chi connectivity index (χ4v) is 3.27. The van der Waals surface area contributed by atoms with Crippen LogP contribution in [0.1, 0.15) is 24.3 Å². The summed E-state index contributed by atoms with van der Waals surface area (Å²) in [6.07, 6.45) is 3.64. The second kappa shape index (κ2) is 6.04. The van der Waals surface area contributed by atoms with E-state index < -0.39 is 0 Å². The van der Waals surface area contributed by atoms with Crippen LogP contribution in [-0.4, -0.2) is 17.0 Å². The molecule has 0 spiro atoms. The summed E-state index contributed by atoms with van der Waals surface area (Å²) in [4.78, 5) is 8.96. The zero-order valence-electron chi connectivity index (χ0n) is 12.7. The molecule has 2 heterocycles. The van der Waals surface area contributed by atoms with Crippen LogP contribution in [0.2, 0.25) is 0 Å². The number of furan rings is 1. The maximum absolute atomic E-state index is 5.90. The van der Waals surface area contributed by atoms with Gasteiger partial charge in [-0.25, -0.2) is 9.98 Å². The Morgan fingerprint density at radius 3 is 3.04 bits per heavy atom. The van der Waals surface area contributed by atoms with E-state index >= 15 is 0 Å². The number of hydrogen-bond acceptors (Lipinski definition) is 4. The van der Waals surface area contributed by atoms with Gasteiger partial charge in [-0.2, -0.15) is 0 Å². The van der Waals surface area contributed by atoms with Crippen molar-refractivity contribution in [3.05, 3.63) is 40.7 Å². The van der Waals surface area contributed by atoms with Gasteiger partial charge in [0.25, 0.3) is 0 Å². The van der Waals surface area contributed by atoms with Gasteiger partial charge in [-0.1, -0.05) is 18.2 Å². The van der Waals surface area contributed by atoms with Gasteiger partial charge in [0.1, 0.15) is 16.3 Å². The monoisotopic (exact) mass is 326 g/mol. The minimum atomic E-state index is 0.496. The van der Waals surface area contributed by atoms with Gasteiger partial charge in [-0.05, 0) is 31.4 Å². The van der Waals surface area contributed by atoms with Crippen LogP contribution in [0.3, 0.4) is 0 Å². The number of nitrogens with one attached hydrogen (secondary N) is 1. The van der Waals surface area contributed by atoms with Crippen molar-refractivity contribution in [2.45, 2.75) is 31.8 Å². The quantitative estimate of drug-likeness (QED) is 0.568. The summed E-state index contributed by atoms with van der Waals surface area (Å²) in [6, 6.07) is 10.5. The first-order valence-electron chi connectivity index (χ1n) is 7.78. The third kappa shape index (κ3) is 3.07. The number of hydrogen-bond donors (Lipinski definition) is 2. The van der Waals surface area contributed by atoms with Gasteiger partial charge in [-0.15, -0.1) is 11.3 Å². The molecule has 4 rings (SSSR count). The molecule has 1 aliphatic rings. The molecule has 1 aliphatic carbocycles. The SMILES string of the molecule is NC(=NCc1nc(-c2cc3ccccc3o2)cs1)NC1CCC1. The standard InChI is InChI=1S/C17H18N4OS/c18-17(20-12-5-3-6-12)19-9-16-21-13(10-23-16)15-8-11-4-1-2-7-14(11)22-15/h1-2,4,7-8,10,12H,3,5-6,9H2,(H3,18,19,20). The van der Waals surface area contributed by atoms with E-state index in [1.807, 2.05) is 35.7 Å². The number of fused-ring (bicyclic) bond motifs is 1. The minimum absolute atomic E-state index is 0.496. The molecule has 3 N–H and O–H groups in total. The number of thiazole rings is 1. The zero-order chi connectivity index (χ0) is 15.6. The number of nitrogens with two attached hydrogens (primary N) is 1. The molecule has 3 aromatic rings. The van der Waals surface area contributed by atoms with Crippen molar-refractivity contribution in [1.29, 1.82) is 0 Å². The van der Waals surface area contributed by atoms with Crippen molar-refractivity contribution in [2.75, 3.05) is 0 Å². The summed E-state index contributed by atoms with van der Waals surface area (Å²) in [7, 11) is 0. The lowest BCUT2D eigenvalue weighted by Crippen LogP contribution is -2.43. The Morgan fingerprint density at radius 1 is 1.39 bits per heavy atom. The van der Waals surface area contributed by atoms with Crippen LogP contribution in [0.15, 0.2) is 45.1 Å². The van der Waals surface area contributed by atoms with Gasteiger partial charge in [0.05, 0.1) is 6.54 Å². The van der Waals surface area contributed by atoms with E-state index in [9.17, 15) is 0 Å². The Hall–Kier alpha value is -2.34. The first-order valence-corrected chi connectivity index (χ1v) is 8.66. The van der Waals surface area contributed by atoms with Gasteiger partial charge in [0, 0.05) is 16.8 Å². The van der Waals surface area contributed by atoms with E-state index in [0.717, 1.165) is 27.4 Å². The van der Waals surface area contributed by atoms with Crippen molar-refractivity contribution >= 4 is 28.3 Å². The summed E-state index contributed by atoms with van der Waals surface area (Å²) in [5, 5.41) is 7.24. The molecular formula is C17H18N4OS. The largest absolute Gasteiger partial charge is 0.454 e. The molecule has 0 amide bonds. The lowest BCUT2D eigenvalue weighted by Gasteiger charge is -2.26. The second-order valence-corrected chi connectivity index (χ2v) is 6.69. The highest BCUT2D eigenvalue weighted by atomic mass is 32.1. The lowest BCUT2D eigenvalue weighted by atomic mass is 9.93. The van der Waals surface area contributed by atoms with E-state index in [-0.39, 0.29) is 0 Å². The van der Waals surface area contributed by atoms with E-state index in [1.165, 1.54) is 19.3 Å². The summed E-state index contributed by atoms with van der Waals surface area (Å²) in [6.45, 7) is 0.496. The Bertz CT molecular complexity index is 814. The van der Waals surface area contributed by atoms with Gasteiger partial charge in [-0.3, -0.25) is 0 Å². The van der Waals surface area contributed by atoms with Crippen molar-refractivity contribution < 1.29 is 4.42 Å². The number of guanidine groups is 1. The van der Waals surface area contributed by atoms with Crippen LogP contribution in [0, 0.1) is 0 Å². The summed E-state index contributed by atoms with van der Waals surface area (Å²) >= 11 is 1.57. The third-order valence-corrected chi connectivity index (χ3v) is 4.91. The van der Waals surface area contributed by atoms with Gasteiger partial charge >= 0.3 is 0 Å². The second-order valence-electron chi connectivity index (χ2n) is 5.75. The van der Waals surface area contributed by atoms with Gasteiger partial charge in [0.2, 0.25) is 0 Å². The molecule has 1 aromatic carbocycles. The van der Waals surface area contributed by atoms with Crippen LogP contribution in [0.25, 0.3) is 22.4 Å². The van der Waals surface area contributed by atoms with Crippen molar-refractivity contribution in [2.24, 2.45) is 10.7 Å². The Kier molecular flexibility index (Phi) is 3.75. The molecule has 0 aliphatic heterocycles. The Labute approximate surface area is 138 Å². The molecule has 23 heavy (non-hydrogen) atoms. The molecule has 1 saturated carbocycles. The minimum Gasteiger partial charge on any atom is -0.454 e. The number of rotatable bonds is 4. The molecule has 0 atom stereocenters. The summed E-state index contributed by atoms with van der Waals surface area (Å²) < 4.78 is 5.84. The third-order valence-electron chi connectivity index (χ3n) is 4.07. The Morgan fingerprint density at radius 2 is 2.26 bits per heavy atom. The summed E-state index contributed by atoms with van der Waals surface area (Å²) in [5.74, 6) is 1.30. The molecule has 118 valence electrons. The topological polar surface area (TPSA) is 76.4 Å². The molecular weight excluding hydrogens is 308 g/mol. The van der Waals surface area contributed by atoms with Crippen LogP contribution < -0.4 is 11.1 Å². The van der Waals surface area contributed by atoms with Gasteiger partial charge in [0.15, 0.2) is 11.7 Å². The highest BCUT2D eigenvalue weighted by Gasteiger charge is 2.17. The number of aliphatic imine (C=N–C) groups is 1. The highest BCUT2D eigenvalue weighted by molar-refractivity contribution is 7.09. The normalized spacial score (nSPS) is 15.7.